The van der Waals surface area contributed by atoms with Crippen molar-refractivity contribution in [3.63, 3.8) is 0 Å². The van der Waals surface area contributed by atoms with E-state index >= 15 is 0 Å². The Balaban J connectivity index is 2.28. The molecular weight excluding hydrogens is 362 g/mol. The molecule has 0 aliphatic heterocycles. The topological polar surface area (TPSA) is 112 Å². The number of rotatable bonds is 6. The van der Waals surface area contributed by atoms with Gasteiger partial charge >= 0.3 is 12.1 Å². The molecule has 0 spiro atoms. The minimum atomic E-state index is -4.41. The summed E-state index contributed by atoms with van der Waals surface area (Å²) in [4.78, 5) is 23.6. The molecule has 9 heteroatoms. The summed E-state index contributed by atoms with van der Waals surface area (Å²) in [5, 5.41) is 0. The van der Waals surface area contributed by atoms with E-state index in [1.165, 1.54) is 12.1 Å². The summed E-state index contributed by atoms with van der Waals surface area (Å²) in [5.41, 5.74) is -0.282. The molecule has 1 N–H and O–H groups in total. The standard InChI is InChI=1S/C17H19NO7S/c1-4-14-15(13(10-23-14)16(19)24-11(2)3)26(21,22)18-17(20)25-12-8-6-5-7-9-12/h5-11H,4H2,1-3H3,(H,18,20). The molecule has 0 unspecified atom stereocenters. The Morgan fingerprint density at radius 2 is 1.85 bits per heavy atom. The SMILES string of the molecule is CCc1occ(C(=O)OC(C)C)c1S(=O)(=O)NC(=O)Oc1ccccc1. The van der Waals surface area contributed by atoms with Gasteiger partial charge in [0.1, 0.15) is 28.2 Å². The summed E-state index contributed by atoms with van der Waals surface area (Å²) >= 11 is 0. The molecule has 1 amide bonds. The first-order chi connectivity index (χ1) is 12.2. The lowest BCUT2D eigenvalue weighted by atomic mass is 10.3. The fraction of sp³-hybridized carbons (Fsp3) is 0.294. The van der Waals surface area contributed by atoms with Gasteiger partial charge in [0.05, 0.1) is 6.10 Å². The lowest BCUT2D eigenvalue weighted by molar-refractivity contribution is 0.0373. The zero-order valence-electron chi connectivity index (χ0n) is 14.5. The maximum absolute atomic E-state index is 12.6. The lowest BCUT2D eigenvalue weighted by Crippen LogP contribution is -2.34. The maximum atomic E-state index is 12.6. The van der Waals surface area contributed by atoms with Crippen LogP contribution < -0.4 is 9.46 Å². The molecule has 1 aromatic carbocycles. The van der Waals surface area contributed by atoms with Gasteiger partial charge in [-0.05, 0) is 26.0 Å². The number of ether oxygens (including phenoxy) is 2. The van der Waals surface area contributed by atoms with Gasteiger partial charge in [-0.3, -0.25) is 0 Å². The maximum Gasteiger partial charge on any atom is 0.426 e. The molecule has 0 aliphatic carbocycles. The van der Waals surface area contributed by atoms with E-state index in [-0.39, 0.29) is 23.5 Å². The Hall–Kier alpha value is -2.81. The molecule has 0 bridgehead atoms. The largest absolute Gasteiger partial charge is 0.467 e. The van der Waals surface area contributed by atoms with Crippen molar-refractivity contribution < 1.29 is 31.9 Å². The third-order valence-corrected chi connectivity index (χ3v) is 4.56. The van der Waals surface area contributed by atoms with E-state index in [1.807, 2.05) is 0 Å². The third kappa shape index (κ3) is 4.63. The normalized spacial score (nSPS) is 11.2. The van der Waals surface area contributed by atoms with Crippen LogP contribution in [0.25, 0.3) is 0 Å². The van der Waals surface area contributed by atoms with Crippen molar-refractivity contribution in [2.24, 2.45) is 0 Å². The highest BCUT2D eigenvalue weighted by Gasteiger charge is 2.32. The number of nitrogens with one attached hydrogen (secondary N) is 1. The van der Waals surface area contributed by atoms with Gasteiger partial charge < -0.3 is 13.9 Å². The number of benzene rings is 1. The summed E-state index contributed by atoms with van der Waals surface area (Å²) < 4.78 is 42.1. The number of furan rings is 1. The zero-order valence-corrected chi connectivity index (χ0v) is 15.3. The van der Waals surface area contributed by atoms with E-state index in [1.54, 1.807) is 43.7 Å². The molecule has 26 heavy (non-hydrogen) atoms. The van der Waals surface area contributed by atoms with Crippen LogP contribution in [0.15, 0.2) is 45.9 Å². The predicted octanol–water partition coefficient (Wildman–Crippen LogP) is 2.88. The second kappa shape index (κ2) is 8.05. The molecule has 0 saturated carbocycles. The molecular formula is C17H19NO7S. The number of carbonyl (C=O) groups excluding carboxylic acids is 2. The average Bonchev–Trinajstić information content (AvgIpc) is 2.99. The molecule has 0 radical (unpaired) electrons. The number of carbonyl (C=O) groups is 2. The van der Waals surface area contributed by atoms with Crippen LogP contribution in [0.5, 0.6) is 5.75 Å². The minimum absolute atomic E-state index is 0.0284. The Bertz CT molecular complexity index is 885. The monoisotopic (exact) mass is 381 g/mol. The van der Waals surface area contributed by atoms with Crippen molar-refractivity contribution in [2.75, 3.05) is 0 Å². The summed E-state index contributed by atoms with van der Waals surface area (Å²) in [6.45, 7) is 4.91. The van der Waals surface area contributed by atoms with Crippen molar-refractivity contribution >= 4 is 22.1 Å². The van der Waals surface area contributed by atoms with E-state index in [0.717, 1.165) is 6.26 Å². The lowest BCUT2D eigenvalue weighted by Gasteiger charge is -2.10. The van der Waals surface area contributed by atoms with Gasteiger partial charge in [0.15, 0.2) is 0 Å². The quantitative estimate of drug-likeness (QED) is 0.766. The molecule has 140 valence electrons. The second-order valence-corrected chi connectivity index (χ2v) is 7.14. The van der Waals surface area contributed by atoms with Crippen molar-refractivity contribution in [2.45, 2.75) is 38.2 Å². The van der Waals surface area contributed by atoms with Crippen LogP contribution in [0.4, 0.5) is 4.79 Å². The highest BCUT2D eigenvalue weighted by atomic mass is 32.2. The number of esters is 1. The third-order valence-electron chi connectivity index (χ3n) is 3.14. The van der Waals surface area contributed by atoms with Gasteiger partial charge in [0, 0.05) is 6.42 Å². The fourth-order valence-corrected chi connectivity index (χ4v) is 3.40. The number of hydrogen-bond acceptors (Lipinski definition) is 7. The molecule has 2 rings (SSSR count). The van der Waals surface area contributed by atoms with E-state index in [2.05, 4.69) is 0 Å². The number of sulfonamides is 1. The molecule has 2 aromatic rings. The van der Waals surface area contributed by atoms with Gasteiger partial charge in [-0.15, -0.1) is 0 Å². The van der Waals surface area contributed by atoms with Crippen molar-refractivity contribution in [1.29, 1.82) is 0 Å². The average molecular weight is 381 g/mol. The highest BCUT2D eigenvalue weighted by Crippen LogP contribution is 2.25. The van der Waals surface area contributed by atoms with E-state index < -0.39 is 33.1 Å². The van der Waals surface area contributed by atoms with E-state index in [9.17, 15) is 18.0 Å². The second-order valence-electron chi connectivity index (χ2n) is 5.52. The first kappa shape index (κ1) is 19.5. The summed E-state index contributed by atoms with van der Waals surface area (Å²) in [6, 6.07) is 7.96. The first-order valence-corrected chi connectivity index (χ1v) is 9.34. The van der Waals surface area contributed by atoms with Crippen LogP contribution in [0.2, 0.25) is 0 Å². The Morgan fingerprint density at radius 1 is 1.19 bits per heavy atom. The van der Waals surface area contributed by atoms with Gasteiger partial charge in [-0.25, -0.2) is 22.7 Å². The van der Waals surface area contributed by atoms with Crippen molar-refractivity contribution in [3.8, 4) is 5.75 Å². The minimum Gasteiger partial charge on any atom is -0.467 e. The summed E-state index contributed by atoms with van der Waals surface area (Å²) in [7, 11) is -4.41. The van der Waals surface area contributed by atoms with Crippen LogP contribution in [0, 0.1) is 0 Å². The summed E-state index contributed by atoms with van der Waals surface area (Å²) in [6.07, 6.45) is -0.462. The predicted molar refractivity (Wildman–Crippen MR) is 91.4 cm³/mol. The van der Waals surface area contributed by atoms with E-state index in [0.29, 0.717) is 0 Å². The van der Waals surface area contributed by atoms with Gasteiger partial charge in [0.25, 0.3) is 10.0 Å². The molecule has 1 aromatic heterocycles. The van der Waals surface area contributed by atoms with Crippen molar-refractivity contribution in [3.05, 3.63) is 47.9 Å². The summed E-state index contributed by atoms with van der Waals surface area (Å²) in [5.74, 6) is -0.663. The number of hydrogen-bond donors (Lipinski definition) is 1. The first-order valence-electron chi connectivity index (χ1n) is 7.85. The van der Waals surface area contributed by atoms with E-state index in [4.69, 9.17) is 13.9 Å². The number of amides is 1. The van der Waals surface area contributed by atoms with Gasteiger partial charge in [-0.1, -0.05) is 25.1 Å². The van der Waals surface area contributed by atoms with Crippen LogP contribution >= 0.6 is 0 Å². The Kier molecular flexibility index (Phi) is 6.04. The Labute approximate surface area is 151 Å². The van der Waals surface area contributed by atoms with Gasteiger partial charge in [-0.2, -0.15) is 0 Å². The van der Waals surface area contributed by atoms with Crippen LogP contribution in [0.3, 0.4) is 0 Å². The number of para-hydroxylation sites is 1. The van der Waals surface area contributed by atoms with Crippen LogP contribution in [0.1, 0.15) is 36.9 Å². The zero-order chi connectivity index (χ0) is 19.3. The number of aryl methyl sites for hydroxylation is 1. The van der Waals surface area contributed by atoms with Crippen LogP contribution in [-0.2, 0) is 21.2 Å². The molecule has 0 fully saturated rings. The molecule has 0 atom stereocenters. The van der Waals surface area contributed by atoms with Crippen molar-refractivity contribution in [1.82, 2.24) is 4.72 Å². The fourth-order valence-electron chi connectivity index (χ4n) is 2.12. The van der Waals surface area contributed by atoms with Gasteiger partial charge in [0.2, 0.25) is 0 Å². The molecule has 1 heterocycles. The molecule has 0 aliphatic rings. The highest BCUT2D eigenvalue weighted by molar-refractivity contribution is 7.90. The molecule has 8 nitrogen and oxygen atoms in total. The van der Waals surface area contributed by atoms with Crippen LogP contribution in [-0.4, -0.2) is 26.6 Å². The Morgan fingerprint density at radius 3 is 2.42 bits per heavy atom. The smallest absolute Gasteiger partial charge is 0.426 e. The molecule has 0 saturated heterocycles.